The van der Waals surface area contributed by atoms with Gasteiger partial charge in [-0.3, -0.25) is 4.79 Å². The van der Waals surface area contributed by atoms with Gasteiger partial charge in [0.05, 0.1) is 7.11 Å². The normalized spacial score (nSPS) is 23.1. The van der Waals surface area contributed by atoms with Gasteiger partial charge in [0.15, 0.2) is 0 Å². The number of hydrogen-bond acceptors (Lipinski definition) is 5. The summed E-state index contributed by atoms with van der Waals surface area (Å²) in [6, 6.07) is 3.45. The van der Waals surface area contributed by atoms with Crippen LogP contribution in [0.1, 0.15) is 30.4 Å². The van der Waals surface area contributed by atoms with E-state index in [2.05, 4.69) is 4.90 Å². The van der Waals surface area contributed by atoms with Crippen LogP contribution in [0.15, 0.2) is 17.0 Å². The van der Waals surface area contributed by atoms with Crippen LogP contribution in [-0.2, 0) is 21.2 Å². The highest BCUT2D eigenvalue weighted by molar-refractivity contribution is 7.89. The second kappa shape index (κ2) is 6.46. The van der Waals surface area contributed by atoms with Crippen molar-refractivity contribution in [3.05, 3.63) is 23.3 Å². The van der Waals surface area contributed by atoms with Crippen LogP contribution in [0.25, 0.3) is 0 Å². The number of carbonyl (C=O) groups is 1. The molecule has 3 rings (SSSR count). The minimum absolute atomic E-state index is 0.194. The van der Waals surface area contributed by atoms with Gasteiger partial charge in [-0.15, -0.1) is 0 Å². The summed E-state index contributed by atoms with van der Waals surface area (Å²) < 4.78 is 33.0. The largest absolute Gasteiger partial charge is 0.495 e. The van der Waals surface area contributed by atoms with Crippen LogP contribution in [0.3, 0.4) is 0 Å². The predicted octanol–water partition coefficient (Wildman–Crippen LogP) is 1.25. The number of likely N-dealkylation sites (N-methyl/N-ethyl adjacent to an activating group) is 1. The van der Waals surface area contributed by atoms with Crippen molar-refractivity contribution in [3.63, 3.8) is 0 Å². The summed E-state index contributed by atoms with van der Waals surface area (Å²) in [5.41, 5.74) is 1.83. The molecule has 1 atom stereocenters. The van der Waals surface area contributed by atoms with E-state index in [0.29, 0.717) is 31.7 Å². The SMILES string of the molecule is COc1cc2c(cc1S(=O)(=O)N1CCN(C)CC1)CCC(=O)C2C. The minimum atomic E-state index is -3.60. The van der Waals surface area contributed by atoms with Crippen LogP contribution in [0.4, 0.5) is 0 Å². The van der Waals surface area contributed by atoms with Gasteiger partial charge in [-0.25, -0.2) is 8.42 Å². The van der Waals surface area contributed by atoms with E-state index < -0.39 is 10.0 Å². The van der Waals surface area contributed by atoms with Crippen LogP contribution in [0, 0.1) is 0 Å². The molecule has 0 radical (unpaired) electrons. The van der Waals surface area contributed by atoms with Crippen LogP contribution < -0.4 is 4.74 Å². The summed E-state index contributed by atoms with van der Waals surface area (Å²) in [7, 11) is -0.136. The highest BCUT2D eigenvalue weighted by atomic mass is 32.2. The molecule has 132 valence electrons. The zero-order valence-electron chi connectivity index (χ0n) is 14.4. The lowest BCUT2D eigenvalue weighted by molar-refractivity contribution is -0.120. The Bertz CT molecular complexity index is 752. The van der Waals surface area contributed by atoms with Gasteiger partial charge in [0.25, 0.3) is 0 Å². The first kappa shape index (κ1) is 17.4. The Morgan fingerprint density at radius 1 is 1.12 bits per heavy atom. The minimum Gasteiger partial charge on any atom is -0.495 e. The third-order valence-corrected chi connectivity index (χ3v) is 7.02. The standard InChI is InChI=1S/C17H24N2O4S/c1-12-14-11-16(23-3)17(10-13(14)4-5-15(12)20)24(21,22)19-8-6-18(2)7-9-19/h10-12H,4-9H2,1-3H3. The number of ether oxygens (including phenoxy) is 1. The van der Waals surface area contributed by atoms with Crippen molar-refractivity contribution in [2.24, 2.45) is 0 Å². The number of benzene rings is 1. The quantitative estimate of drug-likeness (QED) is 0.819. The van der Waals surface area contributed by atoms with Crippen molar-refractivity contribution >= 4 is 15.8 Å². The zero-order chi connectivity index (χ0) is 17.5. The third-order valence-electron chi connectivity index (χ3n) is 5.10. The molecule has 6 nitrogen and oxygen atoms in total. The molecule has 0 bridgehead atoms. The summed E-state index contributed by atoms with van der Waals surface area (Å²) in [6.45, 7) is 4.27. The second-order valence-corrected chi connectivity index (χ2v) is 8.50. The van der Waals surface area contributed by atoms with E-state index in [1.165, 1.54) is 11.4 Å². The van der Waals surface area contributed by atoms with E-state index in [9.17, 15) is 13.2 Å². The highest BCUT2D eigenvalue weighted by Crippen LogP contribution is 2.37. The fourth-order valence-corrected chi connectivity index (χ4v) is 5.02. The Kier molecular flexibility index (Phi) is 4.68. The number of carbonyl (C=O) groups excluding carboxylic acids is 1. The number of sulfonamides is 1. The maximum atomic E-state index is 13.1. The molecule has 1 aromatic rings. The van der Waals surface area contributed by atoms with Crippen molar-refractivity contribution in [1.29, 1.82) is 0 Å². The number of aryl methyl sites for hydroxylation is 1. The molecule has 1 aromatic carbocycles. The number of piperazine rings is 1. The zero-order valence-corrected chi connectivity index (χ0v) is 15.2. The van der Waals surface area contributed by atoms with E-state index in [1.54, 1.807) is 12.1 Å². The molecule has 0 saturated carbocycles. The Morgan fingerprint density at radius 3 is 2.42 bits per heavy atom. The first-order valence-corrected chi connectivity index (χ1v) is 9.71. The Labute approximate surface area is 143 Å². The summed E-state index contributed by atoms with van der Waals surface area (Å²) in [5, 5.41) is 0. The molecular formula is C17H24N2O4S. The molecule has 1 fully saturated rings. The van der Waals surface area contributed by atoms with Crippen molar-refractivity contribution in [3.8, 4) is 5.75 Å². The third kappa shape index (κ3) is 2.96. The summed E-state index contributed by atoms with van der Waals surface area (Å²) >= 11 is 0. The number of hydrogen-bond donors (Lipinski definition) is 0. The summed E-state index contributed by atoms with van der Waals surface area (Å²) in [6.07, 6.45) is 1.06. The van der Waals surface area contributed by atoms with Gasteiger partial charge < -0.3 is 9.64 Å². The van der Waals surface area contributed by atoms with Gasteiger partial charge >= 0.3 is 0 Å². The molecule has 7 heteroatoms. The van der Waals surface area contributed by atoms with Gasteiger partial charge in [-0.05, 0) is 36.7 Å². The molecular weight excluding hydrogens is 328 g/mol. The fourth-order valence-electron chi connectivity index (χ4n) is 3.41. The summed E-state index contributed by atoms with van der Waals surface area (Å²) in [4.78, 5) is 14.3. The first-order chi connectivity index (χ1) is 11.3. The maximum absolute atomic E-state index is 13.1. The lowest BCUT2D eigenvalue weighted by Gasteiger charge is -2.32. The Hall–Kier alpha value is -1.44. The van der Waals surface area contributed by atoms with Crippen molar-refractivity contribution in [1.82, 2.24) is 9.21 Å². The van der Waals surface area contributed by atoms with Crippen molar-refractivity contribution < 1.29 is 17.9 Å². The molecule has 1 unspecified atom stereocenters. The van der Waals surface area contributed by atoms with Crippen molar-refractivity contribution in [2.45, 2.75) is 30.6 Å². The monoisotopic (exact) mass is 352 g/mol. The molecule has 1 aliphatic carbocycles. The van der Waals surface area contributed by atoms with Crippen molar-refractivity contribution in [2.75, 3.05) is 40.3 Å². The molecule has 0 amide bonds. The molecule has 24 heavy (non-hydrogen) atoms. The number of fused-ring (bicyclic) bond motifs is 1. The van der Waals surface area contributed by atoms with Crippen LogP contribution in [0.2, 0.25) is 0 Å². The smallest absolute Gasteiger partial charge is 0.246 e. The van der Waals surface area contributed by atoms with Crippen LogP contribution >= 0.6 is 0 Å². The van der Waals surface area contributed by atoms with E-state index in [1.807, 2.05) is 14.0 Å². The lowest BCUT2D eigenvalue weighted by atomic mass is 9.83. The maximum Gasteiger partial charge on any atom is 0.246 e. The van der Waals surface area contributed by atoms with Gasteiger partial charge in [0.1, 0.15) is 16.4 Å². The summed E-state index contributed by atoms with van der Waals surface area (Å²) in [5.74, 6) is 0.316. The average Bonchev–Trinajstić information content (AvgIpc) is 2.57. The number of Topliss-reactive ketones (excluding diaryl/α,β-unsaturated/α-hetero) is 1. The van der Waals surface area contributed by atoms with Gasteiger partial charge in [0.2, 0.25) is 10.0 Å². The molecule has 0 aromatic heterocycles. The average molecular weight is 352 g/mol. The lowest BCUT2D eigenvalue weighted by Crippen LogP contribution is -2.47. The van der Waals surface area contributed by atoms with Gasteiger partial charge in [-0.2, -0.15) is 4.31 Å². The Balaban J connectivity index is 2.03. The van der Waals surface area contributed by atoms with E-state index in [4.69, 9.17) is 4.74 Å². The molecule has 0 N–H and O–H groups in total. The molecule has 1 aliphatic heterocycles. The second-order valence-electron chi connectivity index (χ2n) is 6.60. The molecule has 1 heterocycles. The number of ketones is 1. The van der Waals surface area contributed by atoms with Gasteiger partial charge in [0, 0.05) is 38.5 Å². The number of methoxy groups -OCH3 is 1. The van der Waals surface area contributed by atoms with Crippen LogP contribution in [0.5, 0.6) is 5.75 Å². The highest BCUT2D eigenvalue weighted by Gasteiger charge is 2.33. The first-order valence-electron chi connectivity index (χ1n) is 8.27. The topological polar surface area (TPSA) is 66.9 Å². The molecule has 1 saturated heterocycles. The Morgan fingerprint density at radius 2 is 1.79 bits per heavy atom. The number of nitrogens with zero attached hydrogens (tertiary/aromatic N) is 2. The number of rotatable bonds is 3. The molecule has 2 aliphatic rings. The molecule has 0 spiro atoms. The fraction of sp³-hybridized carbons (Fsp3) is 0.588. The van der Waals surface area contributed by atoms with E-state index in [0.717, 1.165) is 24.2 Å². The predicted molar refractivity (Wildman–Crippen MR) is 91.0 cm³/mol. The van der Waals surface area contributed by atoms with E-state index in [-0.39, 0.29) is 16.6 Å². The van der Waals surface area contributed by atoms with Gasteiger partial charge in [-0.1, -0.05) is 6.92 Å². The van der Waals surface area contributed by atoms with E-state index >= 15 is 0 Å². The van der Waals surface area contributed by atoms with Crippen LogP contribution in [-0.4, -0.2) is 63.7 Å².